The van der Waals surface area contributed by atoms with Crippen molar-refractivity contribution in [3.63, 3.8) is 0 Å². The van der Waals surface area contributed by atoms with E-state index in [1.807, 2.05) is 6.08 Å². The van der Waals surface area contributed by atoms with E-state index >= 15 is 0 Å². The van der Waals surface area contributed by atoms with Gasteiger partial charge < -0.3 is 5.73 Å². The molecule has 3 rings (SSSR count). The Labute approximate surface area is 147 Å². The highest BCUT2D eigenvalue weighted by molar-refractivity contribution is 7.89. The van der Waals surface area contributed by atoms with Gasteiger partial charge in [-0.25, -0.2) is 8.42 Å². The fraction of sp³-hybridized carbons (Fsp3) is 0.222. The summed E-state index contributed by atoms with van der Waals surface area (Å²) in [5.41, 5.74) is 7.64. The maximum Gasteiger partial charge on any atom is 0.243 e. The van der Waals surface area contributed by atoms with Crippen LogP contribution in [0.1, 0.15) is 28.9 Å². The van der Waals surface area contributed by atoms with E-state index in [-0.39, 0.29) is 11.4 Å². The Kier molecular flexibility index (Phi) is 4.96. The zero-order valence-electron chi connectivity index (χ0n) is 13.6. The summed E-state index contributed by atoms with van der Waals surface area (Å²) in [6.07, 6.45) is 5.55. The fourth-order valence-corrected chi connectivity index (χ4v) is 4.34. The van der Waals surface area contributed by atoms with Crippen LogP contribution in [0.4, 0.5) is 5.69 Å². The Balaban J connectivity index is 1.98. The summed E-state index contributed by atoms with van der Waals surface area (Å²) in [6, 6.07) is 9.90. The van der Waals surface area contributed by atoms with Crippen molar-refractivity contribution >= 4 is 27.6 Å². The molecule has 0 fully saturated rings. The molecule has 7 heteroatoms. The normalized spacial score (nSPS) is 16.1. The number of carbonyl (C=O) groups is 1. The van der Waals surface area contributed by atoms with E-state index in [0.29, 0.717) is 48.2 Å². The topological polar surface area (TPSA) is 93.4 Å². The lowest BCUT2D eigenvalue weighted by Gasteiger charge is -2.22. The molecule has 130 valence electrons. The summed E-state index contributed by atoms with van der Waals surface area (Å²) in [5, 5.41) is 0. The number of hydrogen-bond donors (Lipinski definition) is 1. The first kappa shape index (κ1) is 17.3. The lowest BCUT2D eigenvalue weighted by atomic mass is 10.0. The summed E-state index contributed by atoms with van der Waals surface area (Å²) in [5.74, 6) is 0. The monoisotopic (exact) mass is 357 g/mol. The van der Waals surface area contributed by atoms with E-state index in [1.165, 1.54) is 10.5 Å². The number of hydrogen-bond acceptors (Lipinski definition) is 5. The molecule has 0 amide bonds. The molecule has 0 aliphatic carbocycles. The molecule has 1 aliphatic heterocycles. The largest absolute Gasteiger partial charge is 0.398 e. The Morgan fingerprint density at radius 3 is 2.64 bits per heavy atom. The summed E-state index contributed by atoms with van der Waals surface area (Å²) >= 11 is 0. The average Bonchev–Trinajstić information content (AvgIpc) is 2.89. The number of anilines is 1. The SMILES string of the molecule is Nc1ccnc(C2=CCCCN(S(=O)(=O)c3ccccc3)C2)c1C=O. The van der Waals surface area contributed by atoms with Gasteiger partial charge in [-0.2, -0.15) is 4.31 Å². The first-order chi connectivity index (χ1) is 12.0. The summed E-state index contributed by atoms with van der Waals surface area (Å²) in [6.45, 7) is 0.574. The zero-order chi connectivity index (χ0) is 17.9. The van der Waals surface area contributed by atoms with Gasteiger partial charge in [0.15, 0.2) is 6.29 Å². The molecular weight excluding hydrogens is 338 g/mol. The van der Waals surface area contributed by atoms with E-state index in [9.17, 15) is 13.2 Å². The second kappa shape index (κ2) is 7.16. The smallest absolute Gasteiger partial charge is 0.243 e. The molecule has 0 bridgehead atoms. The second-order valence-electron chi connectivity index (χ2n) is 5.80. The van der Waals surface area contributed by atoms with Crippen LogP contribution >= 0.6 is 0 Å². The van der Waals surface area contributed by atoms with Gasteiger partial charge in [-0.15, -0.1) is 0 Å². The van der Waals surface area contributed by atoms with Crippen molar-refractivity contribution in [3.05, 3.63) is 59.9 Å². The van der Waals surface area contributed by atoms with Gasteiger partial charge >= 0.3 is 0 Å². The number of rotatable bonds is 4. The fourth-order valence-electron chi connectivity index (χ4n) is 2.86. The molecule has 0 unspecified atom stereocenters. The lowest BCUT2D eigenvalue weighted by Crippen LogP contribution is -2.33. The summed E-state index contributed by atoms with van der Waals surface area (Å²) in [4.78, 5) is 15.9. The van der Waals surface area contributed by atoms with E-state index in [2.05, 4.69) is 4.98 Å². The molecule has 2 N–H and O–H groups in total. The van der Waals surface area contributed by atoms with E-state index < -0.39 is 10.0 Å². The molecule has 1 aliphatic rings. The van der Waals surface area contributed by atoms with Crippen molar-refractivity contribution in [1.82, 2.24) is 9.29 Å². The number of carbonyl (C=O) groups excluding carboxylic acids is 1. The standard InChI is InChI=1S/C18H19N3O3S/c19-17-9-10-20-18(16(17)13-22)14-6-4-5-11-21(12-14)25(23,24)15-7-2-1-3-8-15/h1-3,6-10,13H,4-5,11-12H2,(H2,19,20). The highest BCUT2D eigenvalue weighted by atomic mass is 32.2. The minimum Gasteiger partial charge on any atom is -0.398 e. The van der Waals surface area contributed by atoms with Crippen LogP contribution in [0.3, 0.4) is 0 Å². The maximum absolute atomic E-state index is 12.9. The van der Waals surface area contributed by atoms with Gasteiger partial charge in [0.25, 0.3) is 0 Å². The van der Waals surface area contributed by atoms with E-state index in [1.54, 1.807) is 36.4 Å². The molecule has 0 saturated carbocycles. The van der Waals surface area contributed by atoms with Crippen molar-refractivity contribution in [2.24, 2.45) is 0 Å². The predicted molar refractivity (Wildman–Crippen MR) is 96.4 cm³/mol. The van der Waals surface area contributed by atoms with E-state index in [4.69, 9.17) is 5.73 Å². The van der Waals surface area contributed by atoms with Crippen LogP contribution < -0.4 is 5.73 Å². The van der Waals surface area contributed by atoms with Crippen LogP contribution in [-0.2, 0) is 10.0 Å². The average molecular weight is 357 g/mol. The molecule has 0 atom stereocenters. The molecule has 0 saturated heterocycles. The molecule has 1 aromatic heterocycles. The molecular formula is C18H19N3O3S. The predicted octanol–water partition coefficient (Wildman–Crippen LogP) is 2.34. The summed E-state index contributed by atoms with van der Waals surface area (Å²) in [7, 11) is -3.61. The number of nitrogens with two attached hydrogens (primary N) is 1. The lowest BCUT2D eigenvalue weighted by molar-refractivity contribution is 0.112. The highest BCUT2D eigenvalue weighted by Crippen LogP contribution is 2.27. The van der Waals surface area contributed by atoms with Crippen LogP contribution in [0.2, 0.25) is 0 Å². The number of benzene rings is 1. The van der Waals surface area contributed by atoms with Gasteiger partial charge in [0.05, 0.1) is 16.2 Å². The Hall–Kier alpha value is -2.51. The van der Waals surface area contributed by atoms with Gasteiger partial charge in [0.1, 0.15) is 0 Å². The number of allylic oxidation sites excluding steroid dienone is 1. The second-order valence-corrected chi connectivity index (χ2v) is 7.74. The summed E-state index contributed by atoms with van der Waals surface area (Å²) < 4.78 is 27.3. The third kappa shape index (κ3) is 3.47. The van der Waals surface area contributed by atoms with Crippen LogP contribution in [0.15, 0.2) is 53.6 Å². The van der Waals surface area contributed by atoms with Crippen molar-refractivity contribution < 1.29 is 13.2 Å². The molecule has 0 spiro atoms. The van der Waals surface area contributed by atoms with Crippen LogP contribution in [0.5, 0.6) is 0 Å². The first-order valence-corrected chi connectivity index (χ1v) is 9.42. The van der Waals surface area contributed by atoms with Crippen LogP contribution in [-0.4, -0.2) is 37.1 Å². The van der Waals surface area contributed by atoms with Gasteiger partial charge in [-0.3, -0.25) is 9.78 Å². The Morgan fingerprint density at radius 2 is 1.92 bits per heavy atom. The van der Waals surface area contributed by atoms with Crippen molar-refractivity contribution in [3.8, 4) is 0 Å². The number of aromatic nitrogens is 1. The number of aldehydes is 1. The minimum absolute atomic E-state index is 0.161. The van der Waals surface area contributed by atoms with Gasteiger partial charge in [-0.05, 0) is 36.6 Å². The molecule has 25 heavy (non-hydrogen) atoms. The van der Waals surface area contributed by atoms with Crippen molar-refractivity contribution in [2.45, 2.75) is 17.7 Å². The quantitative estimate of drug-likeness (QED) is 0.848. The number of pyridine rings is 1. The number of nitrogen functional groups attached to an aromatic ring is 1. The first-order valence-electron chi connectivity index (χ1n) is 7.98. The van der Waals surface area contributed by atoms with Crippen LogP contribution in [0.25, 0.3) is 5.57 Å². The number of nitrogens with zero attached hydrogens (tertiary/aromatic N) is 2. The minimum atomic E-state index is -3.61. The Bertz CT molecular complexity index is 908. The number of sulfonamides is 1. The van der Waals surface area contributed by atoms with E-state index in [0.717, 1.165) is 0 Å². The van der Waals surface area contributed by atoms with Crippen LogP contribution in [0, 0.1) is 0 Å². The third-order valence-electron chi connectivity index (χ3n) is 4.18. The third-order valence-corrected chi connectivity index (χ3v) is 6.04. The van der Waals surface area contributed by atoms with Gasteiger partial charge in [0.2, 0.25) is 10.0 Å². The Morgan fingerprint density at radius 1 is 1.16 bits per heavy atom. The molecule has 0 radical (unpaired) electrons. The molecule has 1 aromatic carbocycles. The van der Waals surface area contributed by atoms with Gasteiger partial charge in [-0.1, -0.05) is 24.3 Å². The molecule has 2 aromatic rings. The maximum atomic E-state index is 12.9. The molecule has 2 heterocycles. The van der Waals surface area contributed by atoms with Crippen molar-refractivity contribution in [1.29, 1.82) is 0 Å². The zero-order valence-corrected chi connectivity index (χ0v) is 14.4. The highest BCUT2D eigenvalue weighted by Gasteiger charge is 2.27. The molecule has 6 nitrogen and oxygen atoms in total. The van der Waals surface area contributed by atoms with Crippen molar-refractivity contribution in [2.75, 3.05) is 18.8 Å². The van der Waals surface area contributed by atoms with Gasteiger partial charge in [0, 0.05) is 25.0 Å².